The average molecular weight is 438 g/mol. The van der Waals surface area contributed by atoms with Crippen molar-refractivity contribution in [3.05, 3.63) is 58.1 Å². The predicted molar refractivity (Wildman–Crippen MR) is 103 cm³/mol. The van der Waals surface area contributed by atoms with E-state index in [4.69, 9.17) is 11.6 Å². The van der Waals surface area contributed by atoms with Crippen LogP contribution in [0, 0.1) is 20.8 Å². The highest BCUT2D eigenvalue weighted by molar-refractivity contribution is 7.99. The molecule has 0 saturated carbocycles. The molecule has 0 spiro atoms. The standard InChI is InChI=1S/C18H19ClF3NO2S2/c1-11-8-12(2)17(13(3)9-11)27(24,25)23-16(18(20,21)22)10-26-15-7-5-4-6-14(15)19/h4-9,16,23H,10H2,1-3H3. The lowest BCUT2D eigenvalue weighted by Gasteiger charge is -2.23. The maximum Gasteiger partial charge on any atom is 0.405 e. The number of sulfonamides is 1. The van der Waals surface area contributed by atoms with Crippen LogP contribution in [0.4, 0.5) is 13.2 Å². The Balaban J connectivity index is 2.29. The lowest BCUT2D eigenvalue weighted by molar-refractivity contribution is -0.145. The molecule has 0 aliphatic heterocycles. The number of benzene rings is 2. The SMILES string of the molecule is Cc1cc(C)c(S(=O)(=O)NC(CSc2ccccc2Cl)C(F)(F)F)c(C)c1. The van der Waals surface area contributed by atoms with Crippen molar-refractivity contribution in [1.29, 1.82) is 0 Å². The number of aryl methyl sites for hydroxylation is 3. The van der Waals surface area contributed by atoms with Crippen LogP contribution >= 0.6 is 23.4 Å². The van der Waals surface area contributed by atoms with E-state index in [-0.39, 0.29) is 4.90 Å². The number of halogens is 4. The van der Waals surface area contributed by atoms with Crippen LogP contribution in [0.2, 0.25) is 5.02 Å². The molecule has 0 fully saturated rings. The van der Waals surface area contributed by atoms with E-state index in [2.05, 4.69) is 0 Å². The Kier molecular flexibility index (Phi) is 6.89. The lowest BCUT2D eigenvalue weighted by Crippen LogP contribution is -2.47. The fourth-order valence-electron chi connectivity index (χ4n) is 2.77. The maximum absolute atomic E-state index is 13.5. The summed E-state index contributed by atoms with van der Waals surface area (Å²) in [5.74, 6) is -0.531. The number of hydrogen-bond acceptors (Lipinski definition) is 3. The molecule has 0 bridgehead atoms. The molecule has 0 aromatic heterocycles. The predicted octanol–water partition coefficient (Wildman–Crippen LogP) is 5.27. The summed E-state index contributed by atoms with van der Waals surface area (Å²) in [5.41, 5.74) is 1.64. The summed E-state index contributed by atoms with van der Waals surface area (Å²) in [6.45, 7) is 4.92. The second-order valence-corrected chi connectivity index (χ2v) is 9.30. The number of hydrogen-bond donors (Lipinski definition) is 1. The third-order valence-corrected chi connectivity index (χ3v) is 7.19. The number of thioether (sulfide) groups is 1. The van der Waals surface area contributed by atoms with Gasteiger partial charge in [0.1, 0.15) is 6.04 Å². The molecule has 1 atom stereocenters. The first-order valence-electron chi connectivity index (χ1n) is 7.96. The van der Waals surface area contributed by atoms with E-state index in [1.165, 1.54) is 0 Å². The van der Waals surface area contributed by atoms with Gasteiger partial charge in [0, 0.05) is 10.6 Å². The van der Waals surface area contributed by atoms with Gasteiger partial charge < -0.3 is 0 Å². The Morgan fingerprint density at radius 1 is 1.11 bits per heavy atom. The molecule has 0 saturated heterocycles. The molecule has 2 rings (SSSR count). The average Bonchev–Trinajstić information content (AvgIpc) is 2.50. The van der Waals surface area contributed by atoms with Crippen LogP contribution in [0.25, 0.3) is 0 Å². The zero-order valence-corrected chi connectivity index (χ0v) is 17.3. The van der Waals surface area contributed by atoms with Gasteiger partial charge in [-0.25, -0.2) is 8.42 Å². The van der Waals surface area contributed by atoms with E-state index in [1.807, 2.05) is 4.72 Å². The van der Waals surface area contributed by atoms with Gasteiger partial charge >= 0.3 is 6.18 Å². The van der Waals surface area contributed by atoms with Gasteiger partial charge in [0.15, 0.2) is 0 Å². The summed E-state index contributed by atoms with van der Waals surface area (Å²) in [4.78, 5) is 0.334. The first-order valence-corrected chi connectivity index (χ1v) is 10.8. The highest BCUT2D eigenvalue weighted by Crippen LogP contribution is 2.32. The zero-order chi connectivity index (χ0) is 20.4. The number of rotatable bonds is 6. The van der Waals surface area contributed by atoms with E-state index in [0.717, 1.165) is 17.3 Å². The Morgan fingerprint density at radius 3 is 2.19 bits per heavy atom. The summed E-state index contributed by atoms with van der Waals surface area (Å²) in [5, 5.41) is 0.316. The van der Waals surface area contributed by atoms with Crippen LogP contribution in [0.1, 0.15) is 16.7 Å². The quantitative estimate of drug-likeness (QED) is 0.626. The van der Waals surface area contributed by atoms with Crippen molar-refractivity contribution in [1.82, 2.24) is 4.72 Å². The third kappa shape index (κ3) is 5.63. The molecule has 0 aliphatic carbocycles. The van der Waals surface area contributed by atoms with Crippen molar-refractivity contribution >= 4 is 33.4 Å². The van der Waals surface area contributed by atoms with Crippen LogP contribution < -0.4 is 4.72 Å². The molecular weight excluding hydrogens is 419 g/mol. The van der Waals surface area contributed by atoms with E-state index >= 15 is 0 Å². The minimum Gasteiger partial charge on any atom is -0.207 e. The second-order valence-electron chi connectivity index (χ2n) is 6.18. The molecule has 0 aliphatic rings. The summed E-state index contributed by atoms with van der Waals surface area (Å²) in [6, 6.07) is 7.48. The fourth-order valence-corrected chi connectivity index (χ4v) is 5.85. The van der Waals surface area contributed by atoms with E-state index in [0.29, 0.717) is 21.0 Å². The molecule has 9 heteroatoms. The van der Waals surface area contributed by atoms with Crippen molar-refractivity contribution in [3.8, 4) is 0 Å². The van der Waals surface area contributed by atoms with E-state index in [1.54, 1.807) is 57.2 Å². The van der Waals surface area contributed by atoms with E-state index < -0.39 is 28.0 Å². The highest BCUT2D eigenvalue weighted by Gasteiger charge is 2.42. The third-order valence-electron chi connectivity index (χ3n) is 3.81. The smallest absolute Gasteiger partial charge is 0.207 e. The summed E-state index contributed by atoms with van der Waals surface area (Å²) in [6.07, 6.45) is -4.74. The molecule has 3 nitrogen and oxygen atoms in total. The molecule has 0 amide bonds. The van der Waals surface area contributed by atoms with Gasteiger partial charge in [-0.3, -0.25) is 0 Å². The van der Waals surface area contributed by atoms with Crippen molar-refractivity contribution in [3.63, 3.8) is 0 Å². The highest BCUT2D eigenvalue weighted by atomic mass is 35.5. The normalized spacial score (nSPS) is 13.6. The van der Waals surface area contributed by atoms with Crippen LogP contribution in [-0.2, 0) is 10.0 Å². The Morgan fingerprint density at radius 2 is 1.67 bits per heavy atom. The fraction of sp³-hybridized carbons (Fsp3) is 0.333. The molecule has 0 radical (unpaired) electrons. The van der Waals surface area contributed by atoms with Crippen LogP contribution in [0.3, 0.4) is 0 Å². The lowest BCUT2D eigenvalue weighted by atomic mass is 10.1. The first kappa shape index (κ1) is 22.1. The molecule has 0 heterocycles. The second kappa shape index (κ2) is 8.43. The van der Waals surface area contributed by atoms with Gasteiger partial charge in [0.2, 0.25) is 10.0 Å². The maximum atomic E-state index is 13.5. The Hall–Kier alpha value is -1.22. The molecular formula is C18H19ClF3NO2S2. The van der Waals surface area contributed by atoms with Crippen LogP contribution in [0.15, 0.2) is 46.2 Å². The minimum absolute atomic E-state index is 0.120. The van der Waals surface area contributed by atoms with Gasteiger partial charge in [0.05, 0.1) is 9.92 Å². The number of nitrogens with one attached hydrogen (secondary N) is 1. The number of alkyl halides is 3. The molecule has 148 valence electrons. The summed E-state index contributed by atoms with van der Waals surface area (Å²) in [7, 11) is -4.35. The first-order chi connectivity index (χ1) is 12.4. The van der Waals surface area contributed by atoms with Gasteiger partial charge in [-0.1, -0.05) is 41.4 Å². The Bertz CT molecular complexity index is 907. The Labute approximate surface area is 166 Å². The topological polar surface area (TPSA) is 46.2 Å². The van der Waals surface area contributed by atoms with Crippen LogP contribution in [-0.4, -0.2) is 26.4 Å². The van der Waals surface area contributed by atoms with E-state index in [9.17, 15) is 21.6 Å². The van der Waals surface area contributed by atoms with Crippen LogP contribution in [0.5, 0.6) is 0 Å². The zero-order valence-electron chi connectivity index (χ0n) is 14.9. The molecule has 27 heavy (non-hydrogen) atoms. The molecule has 1 N–H and O–H groups in total. The molecule has 2 aromatic carbocycles. The van der Waals surface area contributed by atoms with Gasteiger partial charge in [0.25, 0.3) is 0 Å². The molecule has 2 aromatic rings. The summed E-state index contributed by atoms with van der Waals surface area (Å²) >= 11 is 6.82. The van der Waals surface area contributed by atoms with Gasteiger partial charge in [-0.05, 0) is 44.0 Å². The summed E-state index contributed by atoms with van der Waals surface area (Å²) < 4.78 is 67.6. The molecule has 1 unspecified atom stereocenters. The van der Waals surface area contributed by atoms with Crippen molar-refractivity contribution in [2.75, 3.05) is 5.75 Å². The minimum atomic E-state index is -4.74. The van der Waals surface area contributed by atoms with Gasteiger partial charge in [-0.15, -0.1) is 11.8 Å². The monoisotopic (exact) mass is 437 g/mol. The van der Waals surface area contributed by atoms with Crippen molar-refractivity contribution in [2.24, 2.45) is 0 Å². The van der Waals surface area contributed by atoms with Crippen molar-refractivity contribution in [2.45, 2.75) is 42.8 Å². The van der Waals surface area contributed by atoms with Crippen molar-refractivity contribution < 1.29 is 21.6 Å². The largest absolute Gasteiger partial charge is 0.405 e. The van der Waals surface area contributed by atoms with Gasteiger partial charge in [-0.2, -0.15) is 17.9 Å².